The molecule has 0 N–H and O–H groups in total. The topological polar surface area (TPSA) is 56.3 Å². The lowest BCUT2D eigenvalue weighted by Crippen LogP contribution is -2.28. The van der Waals surface area contributed by atoms with Gasteiger partial charge in [-0.25, -0.2) is 0 Å². The van der Waals surface area contributed by atoms with Crippen molar-refractivity contribution in [2.75, 3.05) is 26.7 Å². The van der Waals surface area contributed by atoms with E-state index in [0.717, 1.165) is 38.5 Å². The van der Waals surface area contributed by atoms with Gasteiger partial charge in [-0.2, -0.15) is 5.26 Å². The van der Waals surface area contributed by atoms with Crippen molar-refractivity contribution in [2.45, 2.75) is 19.5 Å². The largest absolute Gasteiger partial charge is 0.449 e. The van der Waals surface area contributed by atoms with Gasteiger partial charge in [-0.05, 0) is 49.7 Å². The number of rotatable bonds is 6. The Bertz CT molecular complexity index is 661. The summed E-state index contributed by atoms with van der Waals surface area (Å²) < 4.78 is 5.47. The summed E-state index contributed by atoms with van der Waals surface area (Å²) >= 11 is 0. The molecule has 0 radical (unpaired) electrons. The summed E-state index contributed by atoms with van der Waals surface area (Å²) in [5.41, 5.74) is 1.25. The molecule has 0 spiro atoms. The molecule has 3 rings (SSSR count). The van der Waals surface area contributed by atoms with E-state index in [1.165, 1.54) is 12.0 Å². The van der Waals surface area contributed by atoms with E-state index in [2.05, 4.69) is 27.9 Å². The highest BCUT2D eigenvalue weighted by Gasteiger charge is 2.24. The van der Waals surface area contributed by atoms with E-state index in [9.17, 15) is 0 Å². The van der Waals surface area contributed by atoms with Crippen molar-refractivity contribution < 1.29 is 4.42 Å². The van der Waals surface area contributed by atoms with Crippen LogP contribution in [0.2, 0.25) is 0 Å². The van der Waals surface area contributed by atoms with Gasteiger partial charge >= 0.3 is 0 Å². The average molecular weight is 310 g/mol. The Kier molecular flexibility index (Phi) is 5.06. The fourth-order valence-electron chi connectivity index (χ4n) is 3.26. The Hall–Kier alpha value is -2.16. The Balaban J connectivity index is 1.45. The summed E-state index contributed by atoms with van der Waals surface area (Å²) in [4.78, 5) is 8.94. The quantitative estimate of drug-likeness (QED) is 0.820. The molecule has 0 amide bonds. The van der Waals surface area contributed by atoms with Crippen molar-refractivity contribution in [1.29, 1.82) is 5.26 Å². The summed E-state index contributed by atoms with van der Waals surface area (Å²) in [6, 6.07) is 9.78. The summed E-state index contributed by atoms with van der Waals surface area (Å²) in [6.45, 7) is 5.00. The third-order valence-corrected chi connectivity index (χ3v) is 4.27. The first kappa shape index (κ1) is 15.7. The van der Waals surface area contributed by atoms with Gasteiger partial charge < -0.3 is 9.32 Å². The third kappa shape index (κ3) is 4.41. The zero-order valence-corrected chi connectivity index (χ0v) is 13.5. The highest BCUT2D eigenvalue weighted by atomic mass is 16.3. The lowest BCUT2D eigenvalue weighted by atomic mass is 10.1. The first-order chi connectivity index (χ1) is 11.2. The second-order valence-electron chi connectivity index (χ2n) is 6.33. The van der Waals surface area contributed by atoms with E-state index in [1.807, 2.05) is 30.6 Å². The van der Waals surface area contributed by atoms with Crippen molar-refractivity contribution in [3.63, 3.8) is 0 Å². The maximum atomic E-state index is 8.81. The maximum Gasteiger partial charge on any atom is 0.203 e. The number of pyridine rings is 1. The van der Waals surface area contributed by atoms with Gasteiger partial charge in [0, 0.05) is 32.0 Å². The van der Waals surface area contributed by atoms with Crippen LogP contribution in [0.3, 0.4) is 0 Å². The van der Waals surface area contributed by atoms with Crippen LogP contribution in [-0.2, 0) is 13.1 Å². The number of furan rings is 1. The van der Waals surface area contributed by atoms with E-state index in [4.69, 9.17) is 9.68 Å². The molecule has 5 heteroatoms. The molecule has 0 saturated carbocycles. The Morgan fingerprint density at radius 1 is 1.43 bits per heavy atom. The third-order valence-electron chi connectivity index (χ3n) is 4.27. The Morgan fingerprint density at radius 2 is 2.35 bits per heavy atom. The van der Waals surface area contributed by atoms with Crippen molar-refractivity contribution in [3.8, 4) is 6.07 Å². The van der Waals surface area contributed by atoms with Crippen LogP contribution >= 0.6 is 0 Å². The monoisotopic (exact) mass is 310 g/mol. The summed E-state index contributed by atoms with van der Waals surface area (Å²) in [7, 11) is 2.17. The van der Waals surface area contributed by atoms with Crippen molar-refractivity contribution >= 4 is 0 Å². The van der Waals surface area contributed by atoms with Gasteiger partial charge in [0.25, 0.3) is 0 Å². The van der Waals surface area contributed by atoms with Crippen molar-refractivity contribution in [1.82, 2.24) is 14.8 Å². The smallest absolute Gasteiger partial charge is 0.203 e. The minimum Gasteiger partial charge on any atom is -0.449 e. The zero-order valence-electron chi connectivity index (χ0n) is 13.5. The SMILES string of the molecule is CN(Cc1cccnc1)C[C@@H]1CCN(Cc2ccc(C#N)o2)C1. The van der Waals surface area contributed by atoms with E-state index in [0.29, 0.717) is 11.7 Å². The normalized spacial score (nSPS) is 18.4. The lowest BCUT2D eigenvalue weighted by Gasteiger charge is -2.21. The highest BCUT2D eigenvalue weighted by Crippen LogP contribution is 2.20. The molecule has 1 saturated heterocycles. The highest BCUT2D eigenvalue weighted by molar-refractivity contribution is 5.19. The van der Waals surface area contributed by atoms with Gasteiger partial charge in [-0.15, -0.1) is 0 Å². The van der Waals surface area contributed by atoms with Crippen molar-refractivity contribution in [3.05, 3.63) is 53.7 Å². The zero-order chi connectivity index (χ0) is 16.1. The van der Waals surface area contributed by atoms with Crippen LogP contribution < -0.4 is 0 Å². The van der Waals surface area contributed by atoms with Crippen LogP contribution in [0, 0.1) is 17.2 Å². The first-order valence-electron chi connectivity index (χ1n) is 8.01. The maximum absolute atomic E-state index is 8.81. The molecule has 5 nitrogen and oxygen atoms in total. The number of nitrogens with zero attached hydrogens (tertiary/aromatic N) is 4. The molecular weight excluding hydrogens is 288 g/mol. The molecule has 2 aromatic heterocycles. The average Bonchev–Trinajstić information content (AvgIpc) is 3.18. The molecule has 1 atom stereocenters. The minimum absolute atomic E-state index is 0.395. The predicted octanol–water partition coefficient (Wildman–Crippen LogP) is 2.50. The van der Waals surface area contributed by atoms with Crippen LogP contribution in [0.25, 0.3) is 0 Å². The van der Waals surface area contributed by atoms with Crippen LogP contribution in [0.5, 0.6) is 0 Å². The minimum atomic E-state index is 0.395. The molecule has 0 unspecified atom stereocenters. The van der Waals surface area contributed by atoms with Crippen LogP contribution in [0.4, 0.5) is 0 Å². The molecular formula is C18H22N4O. The van der Waals surface area contributed by atoms with E-state index in [1.54, 1.807) is 6.07 Å². The molecule has 3 heterocycles. The number of likely N-dealkylation sites (tertiary alicyclic amines) is 1. The molecule has 0 aliphatic carbocycles. The van der Waals surface area contributed by atoms with Crippen LogP contribution in [0.1, 0.15) is 23.5 Å². The summed E-state index contributed by atoms with van der Waals surface area (Å²) in [5.74, 6) is 1.96. The number of hydrogen-bond donors (Lipinski definition) is 0. The molecule has 0 bridgehead atoms. The number of aromatic nitrogens is 1. The fourth-order valence-corrected chi connectivity index (χ4v) is 3.26. The van der Waals surface area contributed by atoms with Crippen LogP contribution in [-0.4, -0.2) is 41.5 Å². The van der Waals surface area contributed by atoms with E-state index >= 15 is 0 Å². The van der Waals surface area contributed by atoms with Gasteiger partial charge in [-0.3, -0.25) is 9.88 Å². The van der Waals surface area contributed by atoms with Gasteiger partial charge in [0.05, 0.1) is 6.54 Å². The molecule has 23 heavy (non-hydrogen) atoms. The molecule has 2 aromatic rings. The van der Waals surface area contributed by atoms with Gasteiger partial charge in [-0.1, -0.05) is 6.07 Å². The lowest BCUT2D eigenvalue weighted by molar-refractivity contribution is 0.246. The Labute approximate surface area is 137 Å². The molecule has 1 fully saturated rings. The first-order valence-corrected chi connectivity index (χ1v) is 8.01. The van der Waals surface area contributed by atoms with Gasteiger partial charge in [0.2, 0.25) is 5.76 Å². The van der Waals surface area contributed by atoms with Crippen molar-refractivity contribution in [2.24, 2.45) is 5.92 Å². The summed E-state index contributed by atoms with van der Waals surface area (Å²) in [6.07, 6.45) is 4.95. The Morgan fingerprint density at radius 3 is 3.09 bits per heavy atom. The fraction of sp³-hybridized carbons (Fsp3) is 0.444. The van der Waals surface area contributed by atoms with E-state index < -0.39 is 0 Å². The molecule has 1 aliphatic heterocycles. The second-order valence-corrected chi connectivity index (χ2v) is 6.33. The van der Waals surface area contributed by atoms with Gasteiger partial charge in [0.1, 0.15) is 11.8 Å². The van der Waals surface area contributed by atoms with Crippen LogP contribution in [0.15, 0.2) is 41.1 Å². The van der Waals surface area contributed by atoms with E-state index in [-0.39, 0.29) is 0 Å². The second kappa shape index (κ2) is 7.40. The molecule has 1 aliphatic rings. The molecule has 0 aromatic carbocycles. The summed E-state index contributed by atoms with van der Waals surface area (Å²) in [5, 5.41) is 8.81. The number of nitriles is 1. The predicted molar refractivity (Wildman–Crippen MR) is 87.4 cm³/mol. The number of hydrogen-bond acceptors (Lipinski definition) is 5. The molecule has 120 valence electrons. The van der Waals surface area contributed by atoms with Gasteiger partial charge in [0.15, 0.2) is 0 Å². The standard InChI is InChI=1S/C18H22N4O/c1-21(11-15-3-2-7-20-10-15)12-16-6-8-22(13-16)14-18-5-4-17(9-19)23-18/h2-5,7,10,16H,6,8,11-14H2,1H3/t16-/m0/s1.